The number of aliphatic carboxylic acids is 1. The molecule has 1 aliphatic heterocycles. The number of morpholine rings is 1. The quantitative estimate of drug-likeness (QED) is 0.816. The number of hydrogen-bond acceptors (Lipinski definition) is 3. The van der Waals surface area contributed by atoms with Crippen molar-refractivity contribution in [2.24, 2.45) is 0 Å². The summed E-state index contributed by atoms with van der Waals surface area (Å²) >= 11 is 0. The summed E-state index contributed by atoms with van der Waals surface area (Å²) in [6, 6.07) is 2.36. The maximum Gasteiger partial charge on any atom is 0.323 e. The summed E-state index contributed by atoms with van der Waals surface area (Å²) in [7, 11) is 0. The van der Waals surface area contributed by atoms with Crippen molar-refractivity contribution >= 4 is 5.97 Å². The van der Waals surface area contributed by atoms with Gasteiger partial charge in [0.25, 0.3) is 0 Å². The Morgan fingerprint density at radius 2 is 2.00 bits per heavy atom. The van der Waals surface area contributed by atoms with Gasteiger partial charge in [0.05, 0.1) is 12.7 Å². The highest BCUT2D eigenvalue weighted by atomic mass is 19.1. The van der Waals surface area contributed by atoms with Crippen molar-refractivity contribution in [3.63, 3.8) is 0 Å². The topological polar surface area (TPSA) is 58.6 Å². The Labute approximate surface area is 96.2 Å². The summed E-state index contributed by atoms with van der Waals surface area (Å²) in [5.41, 5.74) is 0.360. The molecule has 1 fully saturated rings. The molecule has 0 spiro atoms. The number of benzene rings is 1. The molecule has 6 heteroatoms. The number of ether oxygens (including phenoxy) is 1. The maximum atomic E-state index is 13.0. The van der Waals surface area contributed by atoms with Crippen LogP contribution in [0.5, 0.6) is 0 Å². The molecule has 0 radical (unpaired) electrons. The molecule has 0 bridgehead atoms. The Morgan fingerprint density at radius 1 is 1.35 bits per heavy atom. The molecule has 92 valence electrons. The number of carbonyl (C=O) groups is 1. The van der Waals surface area contributed by atoms with E-state index in [9.17, 15) is 13.6 Å². The maximum absolute atomic E-state index is 13.0. The van der Waals surface area contributed by atoms with Crippen molar-refractivity contribution in [2.45, 2.75) is 12.1 Å². The van der Waals surface area contributed by atoms with Crippen molar-refractivity contribution in [3.8, 4) is 0 Å². The second-order valence-electron chi connectivity index (χ2n) is 3.82. The second kappa shape index (κ2) is 4.77. The lowest BCUT2D eigenvalue weighted by atomic mass is 10.1. The Bertz CT molecular complexity index is 410. The van der Waals surface area contributed by atoms with Crippen molar-refractivity contribution < 1.29 is 23.4 Å². The highest BCUT2D eigenvalue weighted by Gasteiger charge is 2.27. The van der Waals surface area contributed by atoms with E-state index in [0.29, 0.717) is 5.56 Å². The summed E-state index contributed by atoms with van der Waals surface area (Å²) in [6.45, 7) is 0.179. The van der Waals surface area contributed by atoms with E-state index in [1.165, 1.54) is 12.1 Å². The van der Waals surface area contributed by atoms with E-state index in [4.69, 9.17) is 9.84 Å². The van der Waals surface area contributed by atoms with Crippen LogP contribution in [-0.4, -0.2) is 30.3 Å². The molecule has 1 aliphatic rings. The molecule has 0 aliphatic carbocycles. The first kappa shape index (κ1) is 11.9. The third kappa shape index (κ3) is 2.78. The SMILES string of the molecule is O=C(O)C1COC(c2cc(F)cc(F)c2)CN1. The van der Waals surface area contributed by atoms with Crippen LogP contribution < -0.4 is 5.32 Å². The van der Waals surface area contributed by atoms with Crippen molar-refractivity contribution in [1.29, 1.82) is 0 Å². The molecule has 0 aromatic heterocycles. The predicted octanol–water partition coefficient (Wildman–Crippen LogP) is 1.08. The number of carboxylic acid groups (broad SMARTS) is 1. The van der Waals surface area contributed by atoms with E-state index in [-0.39, 0.29) is 13.2 Å². The first-order valence-electron chi connectivity index (χ1n) is 5.10. The molecule has 1 saturated heterocycles. The first-order chi connectivity index (χ1) is 8.06. The van der Waals surface area contributed by atoms with Crippen LogP contribution in [0, 0.1) is 11.6 Å². The average molecular weight is 243 g/mol. The molecule has 1 aromatic carbocycles. The lowest BCUT2D eigenvalue weighted by Gasteiger charge is -2.28. The highest BCUT2D eigenvalue weighted by Crippen LogP contribution is 2.22. The van der Waals surface area contributed by atoms with Crippen molar-refractivity contribution in [2.75, 3.05) is 13.2 Å². The van der Waals surface area contributed by atoms with Gasteiger partial charge in [-0.05, 0) is 17.7 Å². The van der Waals surface area contributed by atoms with Crippen molar-refractivity contribution in [1.82, 2.24) is 5.32 Å². The number of carboxylic acids is 1. The van der Waals surface area contributed by atoms with Crippen molar-refractivity contribution in [3.05, 3.63) is 35.4 Å². The van der Waals surface area contributed by atoms with Gasteiger partial charge in [-0.1, -0.05) is 0 Å². The van der Waals surface area contributed by atoms with Gasteiger partial charge in [-0.3, -0.25) is 10.1 Å². The van der Waals surface area contributed by atoms with Gasteiger partial charge in [-0.15, -0.1) is 0 Å². The Hall–Kier alpha value is -1.53. The zero-order valence-electron chi connectivity index (χ0n) is 8.82. The van der Waals surface area contributed by atoms with Crippen LogP contribution >= 0.6 is 0 Å². The fourth-order valence-electron chi connectivity index (χ4n) is 1.71. The second-order valence-corrected chi connectivity index (χ2v) is 3.82. The van der Waals surface area contributed by atoms with Gasteiger partial charge in [-0.2, -0.15) is 0 Å². The predicted molar refractivity (Wildman–Crippen MR) is 54.5 cm³/mol. The number of rotatable bonds is 2. The molecule has 2 N–H and O–H groups in total. The monoisotopic (exact) mass is 243 g/mol. The third-order valence-electron chi connectivity index (χ3n) is 2.57. The molecular weight excluding hydrogens is 232 g/mol. The van der Waals surface area contributed by atoms with Gasteiger partial charge in [0.1, 0.15) is 17.7 Å². The Morgan fingerprint density at radius 3 is 2.47 bits per heavy atom. The van der Waals surface area contributed by atoms with Gasteiger partial charge >= 0.3 is 5.97 Å². The average Bonchev–Trinajstić information content (AvgIpc) is 2.28. The van der Waals surface area contributed by atoms with E-state index < -0.39 is 29.7 Å². The molecule has 4 nitrogen and oxygen atoms in total. The van der Waals surface area contributed by atoms with E-state index in [2.05, 4.69) is 5.32 Å². The molecule has 1 aromatic rings. The van der Waals surface area contributed by atoms with E-state index in [1.54, 1.807) is 0 Å². The van der Waals surface area contributed by atoms with Gasteiger partial charge in [-0.25, -0.2) is 8.78 Å². The minimum atomic E-state index is -1.01. The lowest BCUT2D eigenvalue weighted by molar-refractivity contribution is -0.144. The number of nitrogens with one attached hydrogen (secondary N) is 1. The molecule has 17 heavy (non-hydrogen) atoms. The number of hydrogen-bond donors (Lipinski definition) is 2. The molecule has 1 heterocycles. The van der Waals surface area contributed by atoms with Crippen LogP contribution in [0.3, 0.4) is 0 Å². The van der Waals surface area contributed by atoms with Gasteiger partial charge in [0.15, 0.2) is 0 Å². The fourth-order valence-corrected chi connectivity index (χ4v) is 1.71. The first-order valence-corrected chi connectivity index (χ1v) is 5.10. The van der Waals surface area contributed by atoms with E-state index >= 15 is 0 Å². The zero-order valence-corrected chi connectivity index (χ0v) is 8.82. The minimum Gasteiger partial charge on any atom is -0.480 e. The normalized spacial score (nSPS) is 24.6. The van der Waals surface area contributed by atoms with Crippen LogP contribution in [0.1, 0.15) is 11.7 Å². The van der Waals surface area contributed by atoms with Crippen LogP contribution in [0.15, 0.2) is 18.2 Å². The molecule has 2 unspecified atom stereocenters. The summed E-state index contributed by atoms with van der Waals surface area (Å²) in [5, 5.41) is 11.5. The van der Waals surface area contributed by atoms with Gasteiger partial charge in [0, 0.05) is 12.6 Å². The summed E-state index contributed by atoms with van der Waals surface area (Å²) in [4.78, 5) is 10.6. The Balaban J connectivity index is 2.07. The van der Waals surface area contributed by atoms with Crippen LogP contribution in [0.2, 0.25) is 0 Å². The van der Waals surface area contributed by atoms with Crippen LogP contribution in [0.4, 0.5) is 8.78 Å². The van der Waals surface area contributed by atoms with E-state index in [0.717, 1.165) is 6.07 Å². The molecule has 0 saturated carbocycles. The van der Waals surface area contributed by atoms with Gasteiger partial charge < -0.3 is 9.84 Å². The fraction of sp³-hybridized carbons (Fsp3) is 0.364. The molecule has 0 amide bonds. The smallest absolute Gasteiger partial charge is 0.323 e. The van der Waals surface area contributed by atoms with Crippen LogP contribution in [0.25, 0.3) is 0 Å². The highest BCUT2D eigenvalue weighted by molar-refractivity contribution is 5.73. The van der Waals surface area contributed by atoms with Crippen LogP contribution in [-0.2, 0) is 9.53 Å². The Kier molecular flexibility index (Phi) is 3.35. The standard InChI is InChI=1S/C11H11F2NO3/c12-7-1-6(2-8(13)3-7)10-4-14-9(5-17-10)11(15)16/h1-3,9-10,14H,4-5H2,(H,15,16). The summed E-state index contributed by atoms with van der Waals surface area (Å²) in [6.07, 6.45) is -0.532. The van der Waals surface area contributed by atoms with Gasteiger partial charge in [0.2, 0.25) is 0 Å². The lowest BCUT2D eigenvalue weighted by Crippen LogP contribution is -2.47. The number of halogens is 2. The molecule has 2 atom stereocenters. The summed E-state index contributed by atoms with van der Waals surface area (Å²) in [5.74, 6) is -2.36. The van der Waals surface area contributed by atoms with E-state index in [1.807, 2.05) is 0 Å². The molecular formula is C11H11F2NO3. The summed E-state index contributed by atoms with van der Waals surface area (Å²) < 4.78 is 31.2. The largest absolute Gasteiger partial charge is 0.480 e. The third-order valence-corrected chi connectivity index (χ3v) is 2.57. The molecule has 2 rings (SSSR count). The minimum absolute atomic E-state index is 0.0296. The zero-order chi connectivity index (χ0) is 12.4.